The van der Waals surface area contributed by atoms with Gasteiger partial charge in [0, 0.05) is 6.42 Å². The minimum Gasteiger partial charge on any atom is -0.497 e. The van der Waals surface area contributed by atoms with Crippen LogP contribution in [0.1, 0.15) is 12.0 Å². The Morgan fingerprint density at radius 2 is 2.39 bits per heavy atom. The molecule has 0 radical (unpaired) electrons. The summed E-state index contributed by atoms with van der Waals surface area (Å²) in [6.45, 7) is 1.39. The summed E-state index contributed by atoms with van der Waals surface area (Å²) in [6.07, 6.45) is 1.02. The van der Waals surface area contributed by atoms with Crippen LogP contribution >= 0.6 is 11.6 Å². The molecule has 1 aliphatic rings. The number of ether oxygens (including phenoxy) is 3. The summed E-state index contributed by atoms with van der Waals surface area (Å²) < 4.78 is 16.3. The topological polar surface area (TPSA) is 27.7 Å². The monoisotopic (exact) mass is 266 g/mol. The summed E-state index contributed by atoms with van der Waals surface area (Å²) in [5.41, 5.74) is 0.793. The number of hydrogen-bond donors (Lipinski definition) is 0. The van der Waals surface area contributed by atoms with Gasteiger partial charge in [-0.2, -0.15) is 0 Å². The SMILES string of the molecule is COc1ccc(OC2CCOC2)c(C#CCCl)c1. The molecule has 1 fully saturated rings. The summed E-state index contributed by atoms with van der Waals surface area (Å²) in [4.78, 5) is 0. The molecule has 0 spiro atoms. The highest BCUT2D eigenvalue weighted by atomic mass is 35.5. The van der Waals surface area contributed by atoms with Crippen LogP contribution in [0, 0.1) is 11.8 Å². The van der Waals surface area contributed by atoms with Crippen LogP contribution in [0.2, 0.25) is 0 Å². The predicted octanol–water partition coefficient (Wildman–Crippen LogP) is 2.45. The first-order valence-electron chi connectivity index (χ1n) is 5.80. The third-order valence-electron chi connectivity index (χ3n) is 2.66. The number of halogens is 1. The van der Waals surface area contributed by atoms with Gasteiger partial charge in [0.15, 0.2) is 0 Å². The maximum Gasteiger partial charge on any atom is 0.135 e. The minimum atomic E-state index is 0.106. The highest BCUT2D eigenvalue weighted by Crippen LogP contribution is 2.25. The molecule has 18 heavy (non-hydrogen) atoms. The molecule has 1 aromatic rings. The van der Waals surface area contributed by atoms with E-state index in [0.29, 0.717) is 12.5 Å². The van der Waals surface area contributed by atoms with Crippen LogP contribution in [-0.4, -0.2) is 32.3 Å². The summed E-state index contributed by atoms with van der Waals surface area (Å²) in [5.74, 6) is 7.62. The first-order chi connectivity index (χ1) is 8.83. The van der Waals surface area contributed by atoms with Crippen LogP contribution in [0.5, 0.6) is 11.5 Å². The van der Waals surface area contributed by atoms with Crippen molar-refractivity contribution in [1.82, 2.24) is 0 Å². The molecule has 0 aliphatic carbocycles. The van der Waals surface area contributed by atoms with Gasteiger partial charge in [-0.05, 0) is 18.2 Å². The highest BCUT2D eigenvalue weighted by Gasteiger charge is 2.18. The van der Waals surface area contributed by atoms with Crippen LogP contribution in [0.3, 0.4) is 0 Å². The zero-order valence-corrected chi connectivity index (χ0v) is 11.0. The van der Waals surface area contributed by atoms with Crippen molar-refractivity contribution >= 4 is 11.6 Å². The Hall–Kier alpha value is -1.37. The Kier molecular flexibility index (Phi) is 4.74. The third kappa shape index (κ3) is 3.32. The first-order valence-corrected chi connectivity index (χ1v) is 6.34. The molecule has 1 saturated heterocycles. The Morgan fingerprint density at radius 1 is 1.50 bits per heavy atom. The van der Waals surface area contributed by atoms with Gasteiger partial charge >= 0.3 is 0 Å². The largest absolute Gasteiger partial charge is 0.497 e. The van der Waals surface area contributed by atoms with Gasteiger partial charge in [-0.15, -0.1) is 11.6 Å². The van der Waals surface area contributed by atoms with Crippen molar-refractivity contribution in [3.05, 3.63) is 23.8 Å². The second-order valence-electron chi connectivity index (χ2n) is 3.90. The van der Waals surface area contributed by atoms with Crippen LogP contribution in [0.15, 0.2) is 18.2 Å². The van der Waals surface area contributed by atoms with E-state index < -0.39 is 0 Å². The molecule has 96 valence electrons. The average molecular weight is 267 g/mol. The fourth-order valence-electron chi connectivity index (χ4n) is 1.75. The molecule has 0 amide bonds. The second-order valence-corrected chi connectivity index (χ2v) is 4.17. The van der Waals surface area contributed by atoms with E-state index in [1.54, 1.807) is 7.11 Å². The standard InChI is InChI=1S/C14H15ClO3/c1-16-12-4-5-14(11(9-12)3-2-7-15)18-13-6-8-17-10-13/h4-5,9,13H,6-8,10H2,1H3. The smallest absolute Gasteiger partial charge is 0.135 e. The second kappa shape index (κ2) is 6.53. The Morgan fingerprint density at radius 3 is 3.06 bits per heavy atom. The van der Waals surface area contributed by atoms with Crippen LogP contribution < -0.4 is 9.47 Å². The lowest BCUT2D eigenvalue weighted by Gasteiger charge is -2.14. The molecule has 1 aliphatic heterocycles. The summed E-state index contributed by atoms with van der Waals surface area (Å²) in [7, 11) is 1.62. The van der Waals surface area contributed by atoms with Gasteiger partial charge in [-0.1, -0.05) is 11.8 Å². The van der Waals surface area contributed by atoms with E-state index in [9.17, 15) is 0 Å². The maximum atomic E-state index is 5.88. The molecule has 2 rings (SSSR count). The number of rotatable bonds is 3. The summed E-state index contributed by atoms with van der Waals surface area (Å²) >= 11 is 5.58. The lowest BCUT2D eigenvalue weighted by atomic mass is 10.2. The van der Waals surface area contributed by atoms with Crippen LogP contribution in [0.4, 0.5) is 0 Å². The van der Waals surface area contributed by atoms with E-state index in [1.807, 2.05) is 18.2 Å². The molecule has 1 atom stereocenters. The van der Waals surface area contributed by atoms with Gasteiger partial charge in [0.25, 0.3) is 0 Å². The van der Waals surface area contributed by atoms with E-state index in [4.69, 9.17) is 25.8 Å². The van der Waals surface area contributed by atoms with Crippen molar-refractivity contribution in [3.8, 4) is 23.3 Å². The van der Waals surface area contributed by atoms with Gasteiger partial charge in [-0.25, -0.2) is 0 Å². The Balaban J connectivity index is 2.20. The van der Waals surface area contributed by atoms with E-state index in [0.717, 1.165) is 30.1 Å². The van der Waals surface area contributed by atoms with E-state index in [1.165, 1.54) is 0 Å². The summed E-state index contributed by atoms with van der Waals surface area (Å²) in [5, 5.41) is 0. The lowest BCUT2D eigenvalue weighted by molar-refractivity contribution is 0.141. The highest BCUT2D eigenvalue weighted by molar-refractivity contribution is 6.19. The number of benzene rings is 1. The average Bonchev–Trinajstić information content (AvgIpc) is 2.90. The van der Waals surface area contributed by atoms with Crippen molar-refractivity contribution in [2.45, 2.75) is 12.5 Å². The molecular weight excluding hydrogens is 252 g/mol. The third-order valence-corrected chi connectivity index (χ3v) is 2.79. The molecule has 1 unspecified atom stereocenters. The number of hydrogen-bond acceptors (Lipinski definition) is 3. The Labute approximate surface area is 112 Å². The summed E-state index contributed by atoms with van der Waals surface area (Å²) in [6, 6.07) is 5.58. The van der Waals surface area contributed by atoms with Gasteiger partial charge in [-0.3, -0.25) is 0 Å². The zero-order valence-electron chi connectivity index (χ0n) is 10.2. The fourth-order valence-corrected chi connectivity index (χ4v) is 1.82. The van der Waals surface area contributed by atoms with Gasteiger partial charge < -0.3 is 14.2 Å². The molecule has 3 nitrogen and oxygen atoms in total. The van der Waals surface area contributed by atoms with Crippen molar-refractivity contribution in [1.29, 1.82) is 0 Å². The number of alkyl halides is 1. The van der Waals surface area contributed by atoms with E-state index in [-0.39, 0.29) is 6.10 Å². The molecular formula is C14H15ClO3. The van der Waals surface area contributed by atoms with Gasteiger partial charge in [0.05, 0.1) is 31.8 Å². The van der Waals surface area contributed by atoms with Crippen molar-refractivity contribution < 1.29 is 14.2 Å². The van der Waals surface area contributed by atoms with Crippen LogP contribution in [0.25, 0.3) is 0 Å². The zero-order chi connectivity index (χ0) is 12.8. The fraction of sp³-hybridized carbons (Fsp3) is 0.429. The number of methoxy groups -OCH3 is 1. The first kappa shape index (κ1) is 13.1. The quantitative estimate of drug-likeness (QED) is 0.621. The van der Waals surface area contributed by atoms with Gasteiger partial charge in [0.2, 0.25) is 0 Å². The molecule has 1 heterocycles. The maximum absolute atomic E-state index is 5.88. The molecule has 0 bridgehead atoms. The molecule has 0 aromatic heterocycles. The van der Waals surface area contributed by atoms with Crippen molar-refractivity contribution in [2.24, 2.45) is 0 Å². The van der Waals surface area contributed by atoms with Crippen molar-refractivity contribution in [2.75, 3.05) is 26.2 Å². The lowest BCUT2D eigenvalue weighted by Crippen LogP contribution is -2.16. The normalized spacial score (nSPS) is 18.0. The van der Waals surface area contributed by atoms with E-state index in [2.05, 4.69) is 11.8 Å². The molecule has 0 N–H and O–H groups in total. The molecule has 1 aromatic carbocycles. The molecule has 0 saturated carbocycles. The molecule has 4 heteroatoms. The Bertz CT molecular complexity index is 456. The minimum absolute atomic E-state index is 0.106. The van der Waals surface area contributed by atoms with Crippen LogP contribution in [-0.2, 0) is 4.74 Å². The van der Waals surface area contributed by atoms with E-state index >= 15 is 0 Å². The van der Waals surface area contributed by atoms with Crippen molar-refractivity contribution in [3.63, 3.8) is 0 Å². The van der Waals surface area contributed by atoms with Gasteiger partial charge in [0.1, 0.15) is 17.6 Å². The predicted molar refractivity (Wildman–Crippen MR) is 70.4 cm³/mol.